The summed E-state index contributed by atoms with van der Waals surface area (Å²) in [5.74, 6) is 0.307. The van der Waals surface area contributed by atoms with E-state index in [4.69, 9.17) is 0 Å². The molecule has 1 saturated carbocycles. The Morgan fingerprint density at radius 2 is 1.61 bits per heavy atom. The number of carbonyl (C=O) groups excluding carboxylic acids is 1. The van der Waals surface area contributed by atoms with Gasteiger partial charge in [0, 0.05) is 23.6 Å². The van der Waals surface area contributed by atoms with E-state index in [0.29, 0.717) is 17.9 Å². The smallest absolute Gasteiger partial charge is 0.228 e. The van der Waals surface area contributed by atoms with Gasteiger partial charge < -0.3 is 4.90 Å². The van der Waals surface area contributed by atoms with Crippen LogP contribution in [0.4, 0.5) is 10.1 Å². The van der Waals surface area contributed by atoms with Crippen LogP contribution in [-0.2, 0) is 31.6 Å². The van der Waals surface area contributed by atoms with Crippen LogP contribution in [0.1, 0.15) is 76.0 Å². The molecule has 2 aliphatic rings. The number of anilines is 1. The Labute approximate surface area is 197 Å². The van der Waals surface area contributed by atoms with Crippen molar-refractivity contribution in [3.8, 4) is 0 Å². The summed E-state index contributed by atoms with van der Waals surface area (Å²) >= 11 is 0. The van der Waals surface area contributed by atoms with Crippen molar-refractivity contribution in [1.82, 2.24) is 0 Å². The van der Waals surface area contributed by atoms with Crippen LogP contribution >= 0.6 is 0 Å². The average Bonchev–Trinajstić information content (AvgIpc) is 2.76. The molecule has 2 aromatic rings. The van der Waals surface area contributed by atoms with Gasteiger partial charge in [-0.1, -0.05) is 45.0 Å². The number of hydrogen-bond acceptors (Lipinski definition) is 3. The lowest BCUT2D eigenvalue weighted by Crippen LogP contribution is -2.49. The lowest BCUT2D eigenvalue weighted by atomic mass is 9.72. The zero-order chi connectivity index (χ0) is 23.8. The van der Waals surface area contributed by atoms with Crippen LogP contribution in [0.3, 0.4) is 0 Å². The summed E-state index contributed by atoms with van der Waals surface area (Å²) in [6, 6.07) is 11.6. The Kier molecular flexibility index (Phi) is 6.68. The van der Waals surface area contributed by atoms with Gasteiger partial charge in [-0.05, 0) is 72.9 Å². The number of nitrogens with zero attached hydrogens (tertiary/aromatic N) is 1. The van der Waals surface area contributed by atoms with Crippen molar-refractivity contribution in [2.45, 2.75) is 82.3 Å². The van der Waals surface area contributed by atoms with Gasteiger partial charge in [-0.2, -0.15) is 0 Å². The number of benzene rings is 2. The number of amides is 1. The quantitative estimate of drug-likeness (QED) is 0.525. The standard InChI is InChI=1S/C27H34FNO3S/c1-4-27(3)16-26(30)29(23-12-5-19(2)6-13-23)25-14-9-21(15-24(25)27)18-33(31,32)17-20-7-10-22(28)11-8-20/h7-11,14-15,19,23H,4-6,12-13,16-18H2,1-3H3. The Morgan fingerprint density at radius 3 is 2.24 bits per heavy atom. The molecule has 1 atom stereocenters. The number of hydrogen-bond donors (Lipinski definition) is 0. The number of sulfone groups is 1. The Morgan fingerprint density at radius 1 is 1.00 bits per heavy atom. The average molecular weight is 472 g/mol. The molecule has 0 radical (unpaired) electrons. The van der Waals surface area contributed by atoms with Crippen molar-refractivity contribution in [3.05, 3.63) is 65.0 Å². The van der Waals surface area contributed by atoms with Crippen molar-refractivity contribution < 1.29 is 17.6 Å². The highest BCUT2D eigenvalue weighted by Gasteiger charge is 2.42. The van der Waals surface area contributed by atoms with Crippen LogP contribution in [-0.4, -0.2) is 20.4 Å². The molecular formula is C27H34FNO3S. The predicted molar refractivity (Wildman–Crippen MR) is 130 cm³/mol. The molecule has 1 amide bonds. The minimum Gasteiger partial charge on any atom is -0.309 e. The Balaban J connectivity index is 1.63. The molecule has 1 heterocycles. The van der Waals surface area contributed by atoms with Crippen molar-refractivity contribution in [3.63, 3.8) is 0 Å². The fourth-order valence-corrected chi connectivity index (χ4v) is 6.86. The van der Waals surface area contributed by atoms with Crippen LogP contribution in [0.5, 0.6) is 0 Å². The van der Waals surface area contributed by atoms with Crippen LogP contribution < -0.4 is 4.90 Å². The van der Waals surface area contributed by atoms with Crippen molar-refractivity contribution in [1.29, 1.82) is 0 Å². The summed E-state index contributed by atoms with van der Waals surface area (Å²) in [5, 5.41) is 0. The summed E-state index contributed by atoms with van der Waals surface area (Å²) in [4.78, 5) is 15.3. The molecule has 1 aliphatic heterocycles. The van der Waals surface area contributed by atoms with Crippen LogP contribution in [0, 0.1) is 11.7 Å². The SMILES string of the molecule is CCC1(C)CC(=O)N(C2CCC(C)CC2)c2ccc(CS(=O)(=O)Cc3ccc(F)cc3)cc21. The molecule has 1 fully saturated rings. The second-order valence-corrected chi connectivity index (χ2v) is 12.3. The summed E-state index contributed by atoms with van der Waals surface area (Å²) in [6.45, 7) is 6.47. The molecule has 1 unspecified atom stereocenters. The Hall–Kier alpha value is -2.21. The monoisotopic (exact) mass is 471 g/mol. The van der Waals surface area contributed by atoms with E-state index in [1.807, 2.05) is 23.1 Å². The fraction of sp³-hybridized carbons (Fsp3) is 0.519. The van der Waals surface area contributed by atoms with Crippen LogP contribution in [0.25, 0.3) is 0 Å². The summed E-state index contributed by atoms with van der Waals surface area (Å²) in [7, 11) is -3.42. The molecule has 0 saturated heterocycles. The van der Waals surface area contributed by atoms with Gasteiger partial charge in [-0.15, -0.1) is 0 Å². The van der Waals surface area contributed by atoms with Gasteiger partial charge in [0.05, 0.1) is 11.5 Å². The van der Waals surface area contributed by atoms with Gasteiger partial charge in [0.25, 0.3) is 0 Å². The van der Waals surface area contributed by atoms with Crippen LogP contribution in [0.2, 0.25) is 0 Å². The molecule has 33 heavy (non-hydrogen) atoms. The fourth-order valence-electron chi connectivity index (χ4n) is 5.37. The van der Waals surface area contributed by atoms with E-state index < -0.39 is 9.84 Å². The molecule has 1 aliphatic carbocycles. The van der Waals surface area contributed by atoms with Gasteiger partial charge in [-0.3, -0.25) is 4.79 Å². The van der Waals surface area contributed by atoms with Crippen molar-refractivity contribution in [2.75, 3.05) is 4.90 Å². The highest BCUT2D eigenvalue weighted by atomic mass is 32.2. The van der Waals surface area contributed by atoms with Crippen molar-refractivity contribution in [2.24, 2.45) is 5.92 Å². The normalized spacial score (nSPS) is 25.7. The zero-order valence-electron chi connectivity index (χ0n) is 19.8. The first kappa shape index (κ1) is 23.9. The zero-order valence-corrected chi connectivity index (χ0v) is 20.6. The number of halogens is 1. The third-order valence-electron chi connectivity index (χ3n) is 7.60. The van der Waals surface area contributed by atoms with E-state index in [2.05, 4.69) is 20.8 Å². The summed E-state index contributed by atoms with van der Waals surface area (Å²) in [6.07, 6.45) is 5.57. The molecule has 0 spiro atoms. The lowest BCUT2D eigenvalue weighted by Gasteiger charge is -2.45. The van der Waals surface area contributed by atoms with Gasteiger partial charge in [0.2, 0.25) is 5.91 Å². The van der Waals surface area contributed by atoms with E-state index in [-0.39, 0.29) is 34.7 Å². The van der Waals surface area contributed by atoms with Gasteiger partial charge >= 0.3 is 0 Å². The molecule has 0 N–H and O–H groups in total. The van der Waals surface area contributed by atoms with E-state index >= 15 is 0 Å². The second kappa shape index (κ2) is 9.21. The molecule has 0 aromatic heterocycles. The molecule has 2 aromatic carbocycles. The van der Waals surface area contributed by atoms with Crippen molar-refractivity contribution >= 4 is 21.4 Å². The van der Waals surface area contributed by atoms with E-state index in [1.54, 1.807) is 0 Å². The van der Waals surface area contributed by atoms with E-state index in [1.165, 1.54) is 24.3 Å². The van der Waals surface area contributed by atoms with Crippen LogP contribution in [0.15, 0.2) is 42.5 Å². The molecule has 178 valence electrons. The highest BCUT2D eigenvalue weighted by Crippen LogP contribution is 2.45. The molecule has 4 nitrogen and oxygen atoms in total. The lowest BCUT2D eigenvalue weighted by molar-refractivity contribution is -0.121. The van der Waals surface area contributed by atoms with E-state index in [9.17, 15) is 17.6 Å². The maximum Gasteiger partial charge on any atom is 0.228 e. The second-order valence-electron chi connectivity index (χ2n) is 10.3. The highest BCUT2D eigenvalue weighted by molar-refractivity contribution is 7.89. The first-order valence-electron chi connectivity index (χ1n) is 12.0. The van der Waals surface area contributed by atoms with Gasteiger partial charge in [0.1, 0.15) is 5.82 Å². The maximum atomic E-state index is 13.3. The molecule has 6 heteroatoms. The molecule has 0 bridgehead atoms. The maximum absolute atomic E-state index is 13.3. The minimum absolute atomic E-state index is 0.0770. The summed E-state index contributed by atoms with van der Waals surface area (Å²) in [5.41, 5.74) is 3.05. The summed E-state index contributed by atoms with van der Waals surface area (Å²) < 4.78 is 38.9. The third kappa shape index (κ3) is 5.16. The third-order valence-corrected chi connectivity index (χ3v) is 9.14. The predicted octanol–water partition coefficient (Wildman–Crippen LogP) is 5.92. The molecular weight excluding hydrogens is 437 g/mol. The first-order valence-corrected chi connectivity index (χ1v) is 13.8. The number of carbonyl (C=O) groups is 1. The number of rotatable bonds is 6. The number of fused-ring (bicyclic) bond motifs is 1. The minimum atomic E-state index is -3.42. The molecule has 4 rings (SSSR count). The first-order chi connectivity index (χ1) is 15.6. The van der Waals surface area contributed by atoms with E-state index in [0.717, 1.165) is 48.9 Å². The topological polar surface area (TPSA) is 54.5 Å². The Bertz CT molecular complexity index is 1120. The van der Waals surface area contributed by atoms with Gasteiger partial charge in [0.15, 0.2) is 9.84 Å². The van der Waals surface area contributed by atoms with Gasteiger partial charge in [-0.25, -0.2) is 12.8 Å². The largest absolute Gasteiger partial charge is 0.309 e.